The predicted molar refractivity (Wildman–Crippen MR) is 72.6 cm³/mol. The van der Waals surface area contributed by atoms with Gasteiger partial charge in [0.05, 0.1) is 11.5 Å². The molecule has 1 aromatic rings. The van der Waals surface area contributed by atoms with Gasteiger partial charge >= 0.3 is 0 Å². The van der Waals surface area contributed by atoms with Crippen molar-refractivity contribution in [3.8, 4) is 0 Å². The topological polar surface area (TPSA) is 66.4 Å². The summed E-state index contributed by atoms with van der Waals surface area (Å²) < 4.78 is 27.8. The van der Waals surface area contributed by atoms with Gasteiger partial charge in [-0.2, -0.15) is 0 Å². The van der Waals surface area contributed by atoms with E-state index in [1.807, 2.05) is 0 Å². The maximum atomic E-state index is 12.3. The van der Waals surface area contributed by atoms with E-state index in [2.05, 4.69) is 20.7 Å². The molecule has 2 N–H and O–H groups in total. The summed E-state index contributed by atoms with van der Waals surface area (Å²) in [5.74, 6) is 0. The number of aliphatic hydroxyl groups excluding tert-OH is 1. The molecule has 6 heteroatoms. The summed E-state index contributed by atoms with van der Waals surface area (Å²) >= 11 is 3.24. The molecule has 4 nitrogen and oxygen atoms in total. The average molecular weight is 334 g/mol. The maximum absolute atomic E-state index is 12.3. The number of aliphatic hydroxyl groups is 1. The second-order valence-electron chi connectivity index (χ2n) is 4.53. The van der Waals surface area contributed by atoms with Gasteiger partial charge in [-0.15, -0.1) is 0 Å². The molecule has 0 aromatic heterocycles. The Kier molecular flexibility index (Phi) is 4.42. The third-order valence-corrected chi connectivity index (χ3v) is 5.66. The van der Waals surface area contributed by atoms with Crippen molar-refractivity contribution in [2.75, 3.05) is 0 Å². The first-order chi connectivity index (χ1) is 8.53. The van der Waals surface area contributed by atoms with Gasteiger partial charge in [0, 0.05) is 10.5 Å². The highest BCUT2D eigenvalue weighted by Crippen LogP contribution is 2.25. The fourth-order valence-corrected chi connectivity index (χ4v) is 4.50. The van der Waals surface area contributed by atoms with Gasteiger partial charge in [-0.1, -0.05) is 18.9 Å². The molecule has 1 aliphatic rings. The zero-order chi connectivity index (χ0) is 13.2. The second-order valence-corrected chi connectivity index (χ2v) is 7.06. The van der Waals surface area contributed by atoms with E-state index < -0.39 is 10.0 Å². The zero-order valence-corrected chi connectivity index (χ0v) is 12.3. The van der Waals surface area contributed by atoms with Crippen LogP contribution in [0, 0.1) is 0 Å². The SMILES string of the molecule is O=S(=O)(NC1CCCC1)c1cc(CO)ccc1Br. The molecule has 2 rings (SSSR count). The number of rotatable bonds is 4. The van der Waals surface area contributed by atoms with Gasteiger partial charge in [0.15, 0.2) is 0 Å². The molecular formula is C12H16BrNO3S. The van der Waals surface area contributed by atoms with Crippen LogP contribution in [0.4, 0.5) is 0 Å². The molecule has 0 bridgehead atoms. The van der Waals surface area contributed by atoms with E-state index in [1.54, 1.807) is 12.1 Å². The predicted octanol–water partition coefficient (Wildman–Crippen LogP) is 2.16. The van der Waals surface area contributed by atoms with Crippen LogP contribution in [0.15, 0.2) is 27.6 Å². The zero-order valence-electron chi connectivity index (χ0n) is 9.89. The number of halogens is 1. The Morgan fingerprint density at radius 1 is 1.33 bits per heavy atom. The highest BCUT2D eigenvalue weighted by Gasteiger charge is 2.24. The summed E-state index contributed by atoms with van der Waals surface area (Å²) in [6, 6.07) is 4.88. The molecule has 100 valence electrons. The van der Waals surface area contributed by atoms with E-state index in [9.17, 15) is 8.42 Å². The monoisotopic (exact) mass is 333 g/mol. The lowest BCUT2D eigenvalue weighted by molar-refractivity contribution is 0.281. The Hall–Kier alpha value is -0.430. The molecule has 0 saturated heterocycles. The van der Waals surface area contributed by atoms with Crippen LogP contribution in [0.25, 0.3) is 0 Å². The van der Waals surface area contributed by atoms with E-state index in [-0.39, 0.29) is 17.5 Å². The van der Waals surface area contributed by atoms with E-state index in [4.69, 9.17) is 5.11 Å². The summed E-state index contributed by atoms with van der Waals surface area (Å²) in [6.45, 7) is -0.167. The normalized spacial score (nSPS) is 17.2. The fraction of sp³-hybridized carbons (Fsp3) is 0.500. The lowest BCUT2D eigenvalue weighted by Gasteiger charge is -2.14. The smallest absolute Gasteiger partial charge is 0.241 e. The standard InChI is InChI=1S/C12H16BrNO3S/c13-11-6-5-9(8-15)7-12(11)18(16,17)14-10-3-1-2-4-10/h5-7,10,14-15H,1-4,8H2. The molecular weight excluding hydrogens is 318 g/mol. The molecule has 0 spiro atoms. The first-order valence-corrected chi connectivity index (χ1v) is 8.22. The lowest BCUT2D eigenvalue weighted by Crippen LogP contribution is -2.32. The van der Waals surface area contributed by atoms with Crippen LogP contribution in [0.1, 0.15) is 31.2 Å². The van der Waals surface area contributed by atoms with Gasteiger partial charge < -0.3 is 5.11 Å². The number of benzene rings is 1. The quantitative estimate of drug-likeness (QED) is 0.887. The molecule has 18 heavy (non-hydrogen) atoms. The van der Waals surface area contributed by atoms with E-state index in [0.29, 0.717) is 10.0 Å². The molecule has 1 aliphatic carbocycles. The largest absolute Gasteiger partial charge is 0.392 e. The Bertz CT molecular complexity index is 524. The minimum absolute atomic E-state index is 0.0414. The van der Waals surface area contributed by atoms with Crippen LogP contribution in [0.5, 0.6) is 0 Å². The van der Waals surface area contributed by atoms with Crippen molar-refractivity contribution in [1.29, 1.82) is 0 Å². The van der Waals surface area contributed by atoms with Crippen LogP contribution in [0.2, 0.25) is 0 Å². The second kappa shape index (κ2) is 5.69. The Morgan fingerprint density at radius 2 is 2.00 bits per heavy atom. The molecule has 0 radical (unpaired) electrons. The van der Waals surface area contributed by atoms with Crippen molar-refractivity contribution in [2.24, 2.45) is 0 Å². The van der Waals surface area contributed by atoms with Gasteiger partial charge in [0.25, 0.3) is 0 Å². The van der Waals surface area contributed by atoms with Gasteiger partial charge in [0.2, 0.25) is 10.0 Å². The first kappa shape index (κ1) is 14.0. The Labute approximate surface area is 116 Å². The van der Waals surface area contributed by atoms with Gasteiger partial charge in [-0.05, 0) is 46.5 Å². The number of hydrogen-bond acceptors (Lipinski definition) is 3. The summed E-state index contributed by atoms with van der Waals surface area (Å²) in [6.07, 6.45) is 3.95. The van der Waals surface area contributed by atoms with Crippen molar-refractivity contribution >= 4 is 26.0 Å². The van der Waals surface area contributed by atoms with Crippen molar-refractivity contribution in [2.45, 2.75) is 43.2 Å². The highest BCUT2D eigenvalue weighted by atomic mass is 79.9. The van der Waals surface area contributed by atoms with Crippen molar-refractivity contribution in [3.63, 3.8) is 0 Å². The van der Waals surface area contributed by atoms with Crippen LogP contribution in [0.3, 0.4) is 0 Å². The molecule has 0 amide bonds. The fourth-order valence-electron chi connectivity index (χ4n) is 2.18. The van der Waals surface area contributed by atoms with Crippen molar-refractivity contribution in [1.82, 2.24) is 4.72 Å². The molecule has 0 aliphatic heterocycles. The summed E-state index contributed by atoms with van der Waals surface area (Å²) in [5.41, 5.74) is 0.588. The molecule has 0 unspecified atom stereocenters. The number of nitrogens with one attached hydrogen (secondary N) is 1. The third kappa shape index (κ3) is 3.12. The highest BCUT2D eigenvalue weighted by molar-refractivity contribution is 9.10. The van der Waals surface area contributed by atoms with Crippen molar-refractivity contribution < 1.29 is 13.5 Å². The Morgan fingerprint density at radius 3 is 2.61 bits per heavy atom. The van der Waals surface area contributed by atoms with Crippen LogP contribution >= 0.6 is 15.9 Å². The first-order valence-electron chi connectivity index (χ1n) is 5.94. The maximum Gasteiger partial charge on any atom is 0.241 e. The van der Waals surface area contributed by atoms with E-state index >= 15 is 0 Å². The molecule has 1 saturated carbocycles. The van der Waals surface area contributed by atoms with Crippen LogP contribution in [-0.4, -0.2) is 19.6 Å². The van der Waals surface area contributed by atoms with Crippen molar-refractivity contribution in [3.05, 3.63) is 28.2 Å². The summed E-state index contributed by atoms with van der Waals surface area (Å²) in [5, 5.41) is 9.07. The van der Waals surface area contributed by atoms with Crippen LogP contribution < -0.4 is 4.72 Å². The summed E-state index contributed by atoms with van der Waals surface area (Å²) in [7, 11) is -3.51. The minimum Gasteiger partial charge on any atom is -0.392 e. The molecule has 1 fully saturated rings. The third-order valence-electron chi connectivity index (χ3n) is 3.14. The van der Waals surface area contributed by atoms with Gasteiger partial charge in [-0.25, -0.2) is 13.1 Å². The Balaban J connectivity index is 2.27. The molecule has 1 aromatic carbocycles. The molecule has 0 atom stereocenters. The number of sulfonamides is 1. The minimum atomic E-state index is -3.51. The molecule has 0 heterocycles. The average Bonchev–Trinajstić information content (AvgIpc) is 2.81. The van der Waals surface area contributed by atoms with Gasteiger partial charge in [0.1, 0.15) is 0 Å². The van der Waals surface area contributed by atoms with Gasteiger partial charge in [-0.3, -0.25) is 0 Å². The van der Waals surface area contributed by atoms with Crippen LogP contribution in [-0.2, 0) is 16.6 Å². The summed E-state index contributed by atoms with van der Waals surface area (Å²) in [4.78, 5) is 0.195. The van der Waals surface area contributed by atoms with E-state index in [1.165, 1.54) is 6.07 Å². The lowest BCUT2D eigenvalue weighted by atomic mass is 10.2. The number of hydrogen-bond donors (Lipinski definition) is 2. The van der Waals surface area contributed by atoms with E-state index in [0.717, 1.165) is 25.7 Å².